The molecular formula is C17H24F3NO3. The van der Waals surface area contributed by atoms with E-state index in [1.54, 1.807) is 20.8 Å². The third-order valence-corrected chi connectivity index (χ3v) is 3.39. The molecule has 0 aliphatic rings. The number of hydrogen-bond donors (Lipinski definition) is 2. The van der Waals surface area contributed by atoms with Gasteiger partial charge in [0.25, 0.3) is 0 Å². The van der Waals surface area contributed by atoms with Crippen LogP contribution in [0.3, 0.4) is 0 Å². The molecule has 0 heterocycles. The second-order valence-electron chi connectivity index (χ2n) is 6.62. The van der Waals surface area contributed by atoms with Gasteiger partial charge in [0.05, 0.1) is 11.6 Å². The van der Waals surface area contributed by atoms with Crippen LogP contribution in [-0.2, 0) is 10.7 Å². The molecule has 0 fully saturated rings. The van der Waals surface area contributed by atoms with Gasteiger partial charge in [-0.15, -0.1) is 0 Å². The molecule has 4 nitrogen and oxygen atoms in total. The number of ether oxygens (including phenoxy) is 1. The number of amides is 1. The largest absolute Gasteiger partial charge is 0.444 e. The number of aliphatic hydroxyl groups is 1. The zero-order valence-electron chi connectivity index (χ0n) is 14.5. The minimum atomic E-state index is -3.72. The molecule has 1 rings (SSSR count). The van der Waals surface area contributed by atoms with E-state index in [0.717, 1.165) is 6.07 Å². The van der Waals surface area contributed by atoms with Gasteiger partial charge in [-0.05, 0) is 40.2 Å². The van der Waals surface area contributed by atoms with Crippen molar-refractivity contribution in [1.29, 1.82) is 0 Å². The van der Waals surface area contributed by atoms with Crippen molar-refractivity contribution < 1.29 is 27.8 Å². The van der Waals surface area contributed by atoms with Crippen LogP contribution in [0.25, 0.3) is 0 Å². The predicted molar refractivity (Wildman–Crippen MR) is 84.4 cm³/mol. The Bertz CT molecular complexity index is 585. The molecule has 136 valence electrons. The van der Waals surface area contributed by atoms with E-state index in [-0.39, 0.29) is 12.0 Å². The van der Waals surface area contributed by atoms with E-state index in [1.807, 2.05) is 0 Å². The molecule has 0 saturated heterocycles. The molecular weight excluding hydrogens is 323 g/mol. The van der Waals surface area contributed by atoms with Crippen LogP contribution in [0, 0.1) is 5.82 Å². The van der Waals surface area contributed by atoms with E-state index in [4.69, 9.17) is 4.74 Å². The van der Waals surface area contributed by atoms with Gasteiger partial charge in [-0.3, -0.25) is 0 Å². The number of benzene rings is 1. The Hall–Kier alpha value is -1.76. The van der Waals surface area contributed by atoms with E-state index >= 15 is 0 Å². The fourth-order valence-corrected chi connectivity index (χ4v) is 2.14. The van der Waals surface area contributed by atoms with Crippen LogP contribution in [-0.4, -0.2) is 22.9 Å². The summed E-state index contributed by atoms with van der Waals surface area (Å²) in [4.78, 5) is 11.7. The quantitative estimate of drug-likeness (QED) is 0.836. The fourth-order valence-electron chi connectivity index (χ4n) is 2.14. The van der Waals surface area contributed by atoms with Gasteiger partial charge in [0.1, 0.15) is 17.5 Å². The lowest BCUT2D eigenvalue weighted by molar-refractivity contribution is -0.118. The first-order valence-electron chi connectivity index (χ1n) is 7.74. The number of rotatable bonds is 5. The fraction of sp³-hybridized carbons (Fsp3) is 0.588. The zero-order valence-corrected chi connectivity index (χ0v) is 14.5. The highest BCUT2D eigenvalue weighted by molar-refractivity contribution is 5.68. The van der Waals surface area contributed by atoms with Crippen LogP contribution in [0.2, 0.25) is 0 Å². The highest BCUT2D eigenvalue weighted by atomic mass is 19.3. The molecule has 24 heavy (non-hydrogen) atoms. The summed E-state index contributed by atoms with van der Waals surface area (Å²) in [5.74, 6) is -4.88. The van der Waals surface area contributed by atoms with E-state index in [0.29, 0.717) is 0 Å². The molecule has 2 N–H and O–H groups in total. The van der Waals surface area contributed by atoms with E-state index in [1.165, 1.54) is 26.0 Å². The standard InChI is InChI=1S/C17H24F3NO3/c1-6-13(22)17(19,20)12-9-7-8-11(14(12)18)10(2)21-15(23)24-16(3,4)5/h7-10,13,22H,6H2,1-5H3,(H,21,23)/t10-,13-/m1/s1. The van der Waals surface area contributed by atoms with Gasteiger partial charge in [-0.1, -0.05) is 19.1 Å². The Balaban J connectivity index is 3.06. The van der Waals surface area contributed by atoms with Crippen molar-refractivity contribution in [2.75, 3.05) is 0 Å². The molecule has 0 aliphatic heterocycles. The van der Waals surface area contributed by atoms with Crippen LogP contribution < -0.4 is 5.32 Å². The number of halogens is 3. The van der Waals surface area contributed by atoms with Crippen molar-refractivity contribution in [3.63, 3.8) is 0 Å². The first kappa shape index (κ1) is 20.3. The van der Waals surface area contributed by atoms with E-state index in [2.05, 4.69) is 5.32 Å². The summed E-state index contributed by atoms with van der Waals surface area (Å²) in [6.45, 7) is 7.86. The molecule has 0 saturated carbocycles. The normalized spacial score (nSPS) is 14.9. The third kappa shape index (κ3) is 4.87. The molecule has 0 bridgehead atoms. The third-order valence-electron chi connectivity index (χ3n) is 3.39. The van der Waals surface area contributed by atoms with Crippen molar-refractivity contribution in [2.24, 2.45) is 0 Å². The Kier molecular flexibility index (Phi) is 6.27. The van der Waals surface area contributed by atoms with Gasteiger partial charge < -0.3 is 15.2 Å². The van der Waals surface area contributed by atoms with Crippen molar-refractivity contribution in [3.05, 3.63) is 35.1 Å². The Morgan fingerprint density at radius 3 is 2.42 bits per heavy atom. The topological polar surface area (TPSA) is 58.6 Å². The van der Waals surface area contributed by atoms with Crippen LogP contribution in [0.4, 0.5) is 18.0 Å². The molecule has 2 atom stereocenters. The lowest BCUT2D eigenvalue weighted by atomic mass is 9.96. The smallest absolute Gasteiger partial charge is 0.408 e. The molecule has 0 unspecified atom stereocenters. The van der Waals surface area contributed by atoms with Gasteiger partial charge >= 0.3 is 12.0 Å². The van der Waals surface area contributed by atoms with E-state index < -0.39 is 41.1 Å². The van der Waals surface area contributed by atoms with E-state index in [9.17, 15) is 23.1 Å². The Morgan fingerprint density at radius 1 is 1.33 bits per heavy atom. The summed E-state index contributed by atoms with van der Waals surface area (Å²) >= 11 is 0. The van der Waals surface area contributed by atoms with Gasteiger partial charge in [0.2, 0.25) is 0 Å². The summed E-state index contributed by atoms with van der Waals surface area (Å²) in [5.41, 5.74) is -1.74. The van der Waals surface area contributed by atoms with Gasteiger partial charge in [0, 0.05) is 5.56 Å². The van der Waals surface area contributed by atoms with Gasteiger partial charge in [-0.25, -0.2) is 9.18 Å². The number of alkyl halides is 2. The summed E-state index contributed by atoms with van der Waals surface area (Å²) in [6.07, 6.45) is -2.99. The molecule has 0 aliphatic carbocycles. The second-order valence-corrected chi connectivity index (χ2v) is 6.62. The second kappa shape index (κ2) is 7.42. The molecule has 7 heteroatoms. The van der Waals surface area contributed by atoms with Crippen LogP contribution in [0.15, 0.2) is 18.2 Å². The van der Waals surface area contributed by atoms with Crippen molar-refractivity contribution in [2.45, 2.75) is 64.7 Å². The Labute approximate surface area is 140 Å². The summed E-state index contributed by atoms with van der Waals surface area (Å²) in [6, 6.07) is 2.61. The van der Waals surface area contributed by atoms with Crippen LogP contribution in [0.5, 0.6) is 0 Å². The molecule has 1 aromatic carbocycles. The van der Waals surface area contributed by atoms with Crippen molar-refractivity contribution in [3.8, 4) is 0 Å². The summed E-state index contributed by atoms with van der Waals surface area (Å²) in [7, 11) is 0. The number of alkyl carbamates (subject to hydrolysis) is 1. The maximum Gasteiger partial charge on any atom is 0.408 e. The monoisotopic (exact) mass is 347 g/mol. The molecule has 0 spiro atoms. The van der Waals surface area contributed by atoms with Crippen molar-refractivity contribution >= 4 is 6.09 Å². The predicted octanol–water partition coefficient (Wildman–Crippen LogP) is 4.27. The van der Waals surface area contributed by atoms with Crippen LogP contribution in [0.1, 0.15) is 58.2 Å². The molecule has 1 amide bonds. The summed E-state index contributed by atoms with van der Waals surface area (Å²) < 4.78 is 47.9. The SMILES string of the molecule is CC[C@@H](O)C(F)(F)c1cccc([C@@H](C)NC(=O)OC(C)(C)C)c1F. The Morgan fingerprint density at radius 2 is 1.92 bits per heavy atom. The number of nitrogens with one attached hydrogen (secondary N) is 1. The number of hydrogen-bond acceptors (Lipinski definition) is 3. The van der Waals surface area contributed by atoms with Crippen LogP contribution >= 0.6 is 0 Å². The lowest BCUT2D eigenvalue weighted by Crippen LogP contribution is -2.35. The average Bonchev–Trinajstić information content (AvgIpc) is 2.43. The average molecular weight is 347 g/mol. The van der Waals surface area contributed by atoms with Gasteiger partial charge in [0.15, 0.2) is 0 Å². The highest BCUT2D eigenvalue weighted by Crippen LogP contribution is 2.36. The maximum absolute atomic E-state index is 14.5. The van der Waals surface area contributed by atoms with Crippen molar-refractivity contribution in [1.82, 2.24) is 5.32 Å². The minimum Gasteiger partial charge on any atom is -0.444 e. The molecule has 0 radical (unpaired) electrons. The zero-order chi connectivity index (χ0) is 18.7. The molecule has 1 aromatic rings. The van der Waals surface area contributed by atoms with Gasteiger partial charge in [-0.2, -0.15) is 8.78 Å². The number of carbonyl (C=O) groups excluding carboxylic acids is 1. The lowest BCUT2D eigenvalue weighted by Gasteiger charge is -2.25. The highest BCUT2D eigenvalue weighted by Gasteiger charge is 2.42. The molecule has 0 aromatic heterocycles. The maximum atomic E-state index is 14.5. The minimum absolute atomic E-state index is 0.110. The first-order valence-corrected chi connectivity index (χ1v) is 7.74. The summed E-state index contributed by atoms with van der Waals surface area (Å²) in [5, 5.41) is 11.9. The number of carbonyl (C=O) groups is 1. The number of aliphatic hydroxyl groups excluding tert-OH is 1. The first-order chi connectivity index (χ1) is 10.9.